The smallest absolute Gasteiger partial charge is 0.259 e. The van der Waals surface area contributed by atoms with Crippen LogP contribution < -0.4 is 19.5 Å². The van der Waals surface area contributed by atoms with Gasteiger partial charge in [0.2, 0.25) is 21.8 Å². The Morgan fingerprint density at radius 3 is 2.60 bits per heavy atom. The third-order valence-electron chi connectivity index (χ3n) is 11.0. The number of hydrogen-bond donors (Lipinski definition) is 2. The van der Waals surface area contributed by atoms with Crippen molar-refractivity contribution in [2.45, 2.75) is 94.9 Å². The van der Waals surface area contributed by atoms with Gasteiger partial charge in [-0.25, -0.2) is 18.4 Å². The van der Waals surface area contributed by atoms with Crippen LogP contribution in [0.25, 0.3) is 21.6 Å². The van der Waals surface area contributed by atoms with Crippen LogP contribution in [0.15, 0.2) is 35.7 Å². The highest BCUT2D eigenvalue weighted by atomic mass is 32.2. The molecule has 1 unspecified atom stereocenters. The molecule has 0 bridgehead atoms. The first kappa shape index (κ1) is 36.3. The van der Waals surface area contributed by atoms with Gasteiger partial charge in [-0.15, -0.1) is 11.3 Å². The van der Waals surface area contributed by atoms with Crippen molar-refractivity contribution < 1.29 is 32.3 Å². The number of nitrogens with one attached hydrogen (secondary N) is 2. The van der Waals surface area contributed by atoms with Gasteiger partial charge < -0.3 is 19.7 Å². The van der Waals surface area contributed by atoms with E-state index in [0.29, 0.717) is 48.5 Å². The number of fused-ring (bicyclic) bond motifs is 3. The summed E-state index contributed by atoms with van der Waals surface area (Å²) in [7, 11) is -0.445. The van der Waals surface area contributed by atoms with Gasteiger partial charge in [-0.2, -0.15) is 0 Å². The van der Waals surface area contributed by atoms with E-state index >= 15 is 0 Å². The lowest BCUT2D eigenvalue weighted by atomic mass is 9.93. The van der Waals surface area contributed by atoms with Crippen molar-refractivity contribution in [1.82, 2.24) is 24.9 Å². The zero-order valence-electron chi connectivity index (χ0n) is 30.3. The number of aromatic nitrogens is 2. The molecular weight excluding hydrogens is 703 g/mol. The van der Waals surface area contributed by atoms with Gasteiger partial charge in [0, 0.05) is 41.9 Å². The monoisotopic (exact) mass is 749 g/mol. The average Bonchev–Trinajstić information content (AvgIpc) is 3.98. The highest BCUT2D eigenvalue weighted by molar-refractivity contribution is 7.91. The van der Waals surface area contributed by atoms with Crippen molar-refractivity contribution in [1.29, 1.82) is 0 Å². The summed E-state index contributed by atoms with van der Waals surface area (Å²) < 4.78 is 40.2. The summed E-state index contributed by atoms with van der Waals surface area (Å²) in [5.74, 6) is -1.63. The molecule has 14 heteroatoms. The molecule has 3 saturated carbocycles. The molecule has 12 nitrogen and oxygen atoms in total. The fourth-order valence-corrected chi connectivity index (χ4v) is 9.85. The predicted octanol–water partition coefficient (Wildman–Crippen LogP) is 5.25. The molecule has 2 aromatic heterocycles. The largest absolute Gasteiger partial charge is 0.496 e. The van der Waals surface area contributed by atoms with Crippen LogP contribution in [-0.2, 0) is 24.4 Å². The Hall–Kier alpha value is -4.04. The van der Waals surface area contributed by atoms with Gasteiger partial charge in [-0.05, 0) is 76.3 Å². The number of allylic oxidation sites excluding steroid dienone is 1. The van der Waals surface area contributed by atoms with E-state index < -0.39 is 50.6 Å². The number of carbonyl (C=O) groups excluding carboxylic acids is 3. The number of methoxy groups -OCH3 is 1. The molecule has 52 heavy (non-hydrogen) atoms. The number of aryl methyl sites for hydroxylation is 1. The molecule has 3 aromatic rings. The standard InChI is InChI=1S/C38H47N5O7S2/c1-21(2)30-20-51-35(40-30)29-18-32(26-13-14-31(49-5)22(3)33(26)39-29)50-24-16-27-28(17-24)36(45)43(4)15-9-7-6-8-10-23-19-38(23,41-34(27)44)37(46)42-52(47,48)25-11-12-25/h8,10,13-14,18,20-21,23-25,27-28H,6-7,9,11-12,15-17,19H2,1-5H3,(H,41,44)(H,42,46)/b10-8-/t23-,24?,27+,28+,38+/m0/s1. The maximum Gasteiger partial charge on any atom is 0.259 e. The van der Waals surface area contributed by atoms with Crippen molar-refractivity contribution in [2.75, 3.05) is 20.7 Å². The lowest BCUT2D eigenvalue weighted by Gasteiger charge is -2.26. The van der Waals surface area contributed by atoms with E-state index in [0.717, 1.165) is 40.9 Å². The Bertz CT molecular complexity index is 2040. The Morgan fingerprint density at radius 2 is 1.88 bits per heavy atom. The van der Waals surface area contributed by atoms with Crippen molar-refractivity contribution in [2.24, 2.45) is 17.8 Å². The highest BCUT2D eigenvalue weighted by Crippen LogP contribution is 2.47. The van der Waals surface area contributed by atoms with Crippen LogP contribution >= 0.6 is 11.3 Å². The van der Waals surface area contributed by atoms with Crippen LogP contribution in [0.5, 0.6) is 11.5 Å². The topological polar surface area (TPSA) is 157 Å². The molecule has 0 spiro atoms. The average molecular weight is 750 g/mol. The van der Waals surface area contributed by atoms with Gasteiger partial charge in [-0.3, -0.25) is 19.1 Å². The molecule has 0 saturated heterocycles. The molecule has 5 atom stereocenters. The second kappa shape index (κ2) is 14.1. The van der Waals surface area contributed by atoms with Gasteiger partial charge in [0.25, 0.3) is 5.91 Å². The summed E-state index contributed by atoms with van der Waals surface area (Å²) in [6.07, 6.45) is 7.61. The minimum Gasteiger partial charge on any atom is -0.496 e. The number of pyridine rings is 1. The second-order valence-corrected chi connectivity index (χ2v) is 17.9. The van der Waals surface area contributed by atoms with Crippen LogP contribution in [-0.4, -0.2) is 78.6 Å². The summed E-state index contributed by atoms with van der Waals surface area (Å²) in [4.78, 5) is 53.5. The minimum atomic E-state index is -3.83. The van der Waals surface area contributed by atoms with Crippen molar-refractivity contribution in [3.05, 3.63) is 47.0 Å². The Kier molecular flexibility index (Phi) is 9.83. The fraction of sp³-hybridized carbons (Fsp3) is 0.553. The van der Waals surface area contributed by atoms with E-state index in [4.69, 9.17) is 19.4 Å². The van der Waals surface area contributed by atoms with Gasteiger partial charge >= 0.3 is 0 Å². The van der Waals surface area contributed by atoms with Crippen LogP contribution in [0.1, 0.15) is 82.4 Å². The van der Waals surface area contributed by atoms with Gasteiger partial charge in [-0.1, -0.05) is 26.0 Å². The summed E-state index contributed by atoms with van der Waals surface area (Å²) in [6, 6.07) is 5.66. The Balaban J connectivity index is 1.21. The van der Waals surface area contributed by atoms with Crippen molar-refractivity contribution in [3.63, 3.8) is 0 Å². The number of hydrogen-bond acceptors (Lipinski definition) is 10. The molecule has 3 amide bonds. The molecule has 1 aromatic carbocycles. The lowest BCUT2D eigenvalue weighted by Crippen LogP contribution is -2.54. The third-order valence-corrected chi connectivity index (χ3v) is 13.7. The van der Waals surface area contributed by atoms with E-state index in [1.54, 1.807) is 19.1 Å². The van der Waals surface area contributed by atoms with Crippen LogP contribution in [0, 0.1) is 24.7 Å². The number of rotatable bonds is 8. The van der Waals surface area contributed by atoms with Gasteiger partial charge in [0.05, 0.1) is 35.4 Å². The molecule has 3 fully saturated rings. The van der Waals surface area contributed by atoms with Crippen molar-refractivity contribution in [3.8, 4) is 22.2 Å². The quantitative estimate of drug-likeness (QED) is 0.294. The first-order valence-corrected chi connectivity index (χ1v) is 20.6. The third kappa shape index (κ3) is 7.03. The van der Waals surface area contributed by atoms with Crippen LogP contribution in [0.2, 0.25) is 0 Å². The van der Waals surface area contributed by atoms with E-state index in [1.165, 1.54) is 11.3 Å². The zero-order chi connectivity index (χ0) is 36.9. The number of ether oxygens (including phenoxy) is 2. The van der Waals surface area contributed by atoms with Gasteiger partial charge in [0.1, 0.15) is 33.8 Å². The first-order valence-electron chi connectivity index (χ1n) is 18.2. The number of carbonyl (C=O) groups is 3. The Labute approximate surface area is 308 Å². The second-order valence-electron chi connectivity index (χ2n) is 15.1. The molecule has 0 radical (unpaired) electrons. The van der Waals surface area contributed by atoms with E-state index in [1.807, 2.05) is 42.7 Å². The highest BCUT2D eigenvalue weighted by Gasteiger charge is 2.62. The number of benzene rings is 1. The summed E-state index contributed by atoms with van der Waals surface area (Å²) in [6.45, 7) is 6.69. The SMILES string of the molecule is COc1ccc2c(OC3C[C@H]4C(=O)N[C@]5(C(=O)NS(=O)(=O)C6CC6)C[C@@H]5/C=C\CCCCN(C)C(=O)[C@@H]4C3)cc(-c3nc(C(C)C)cs3)nc2c1C. The predicted molar refractivity (Wildman–Crippen MR) is 199 cm³/mol. The molecule has 3 aliphatic carbocycles. The van der Waals surface area contributed by atoms with Crippen LogP contribution in [0.3, 0.4) is 0 Å². The number of thiazole rings is 1. The molecule has 3 heterocycles. The number of sulfonamides is 1. The maximum absolute atomic E-state index is 14.3. The van der Waals surface area contributed by atoms with E-state index in [9.17, 15) is 22.8 Å². The Morgan fingerprint density at radius 1 is 1.12 bits per heavy atom. The molecule has 1 aliphatic heterocycles. The normalized spacial score (nSPS) is 27.4. The van der Waals surface area contributed by atoms with Crippen LogP contribution in [0.4, 0.5) is 0 Å². The van der Waals surface area contributed by atoms with E-state index in [2.05, 4.69) is 23.9 Å². The first-order chi connectivity index (χ1) is 24.8. The minimum absolute atomic E-state index is 0.147. The number of amides is 3. The zero-order valence-corrected chi connectivity index (χ0v) is 31.9. The summed E-state index contributed by atoms with van der Waals surface area (Å²) in [5, 5.41) is 5.95. The van der Waals surface area contributed by atoms with Crippen molar-refractivity contribution >= 4 is 50.0 Å². The molecule has 4 aliphatic rings. The summed E-state index contributed by atoms with van der Waals surface area (Å²) in [5.41, 5.74) is 1.79. The lowest BCUT2D eigenvalue weighted by molar-refractivity contribution is -0.140. The molecule has 2 N–H and O–H groups in total. The summed E-state index contributed by atoms with van der Waals surface area (Å²) >= 11 is 1.51. The molecular formula is C38H47N5O7S2. The fourth-order valence-electron chi connectivity index (χ4n) is 7.55. The van der Waals surface area contributed by atoms with Gasteiger partial charge in [0.15, 0.2) is 0 Å². The number of nitrogens with zero attached hydrogens (tertiary/aromatic N) is 3. The molecule has 278 valence electrons. The maximum atomic E-state index is 14.3. The molecule has 7 rings (SSSR count). The van der Waals surface area contributed by atoms with E-state index in [-0.39, 0.29) is 30.6 Å².